The Balaban J connectivity index is 2.59. The van der Waals surface area contributed by atoms with Crippen LogP contribution < -0.4 is 5.73 Å². The van der Waals surface area contributed by atoms with Crippen LogP contribution in [0.15, 0.2) is 26.4 Å². The highest BCUT2D eigenvalue weighted by molar-refractivity contribution is 9.10. The van der Waals surface area contributed by atoms with Gasteiger partial charge in [0.25, 0.3) is 0 Å². The van der Waals surface area contributed by atoms with Crippen LogP contribution >= 0.6 is 27.7 Å². The van der Waals surface area contributed by atoms with E-state index in [0.29, 0.717) is 4.90 Å². The highest BCUT2D eigenvalue weighted by atomic mass is 79.9. The molecule has 0 radical (unpaired) electrons. The van der Waals surface area contributed by atoms with Gasteiger partial charge in [0, 0.05) is 21.2 Å². The number of sulfone groups is 1. The maximum Gasteiger partial charge on any atom is 0.176 e. The molecule has 1 aromatic carbocycles. The first-order chi connectivity index (χ1) is 9.28. The topological polar surface area (TPSA) is 60.2 Å². The van der Waals surface area contributed by atoms with E-state index >= 15 is 0 Å². The number of rotatable bonds is 3. The Morgan fingerprint density at radius 3 is 2.35 bits per heavy atom. The lowest BCUT2D eigenvalue weighted by Crippen LogP contribution is -2.38. The van der Waals surface area contributed by atoms with E-state index in [0.717, 1.165) is 40.6 Å². The number of hydrogen-bond acceptors (Lipinski definition) is 4. The van der Waals surface area contributed by atoms with Crippen LogP contribution in [0.5, 0.6) is 0 Å². The lowest BCUT2D eigenvalue weighted by Gasteiger charge is -2.34. The van der Waals surface area contributed by atoms with E-state index < -0.39 is 15.4 Å². The minimum absolute atomic E-state index is 0.379. The zero-order chi connectivity index (χ0) is 15.0. The van der Waals surface area contributed by atoms with E-state index in [1.165, 1.54) is 24.4 Å². The summed E-state index contributed by atoms with van der Waals surface area (Å²) in [5.74, 6) is 0. The third kappa shape index (κ3) is 3.24. The van der Waals surface area contributed by atoms with E-state index in [4.69, 9.17) is 5.73 Å². The summed E-state index contributed by atoms with van der Waals surface area (Å²) in [4.78, 5) is 1.14. The van der Waals surface area contributed by atoms with E-state index in [1.807, 2.05) is 12.3 Å². The molecule has 0 saturated heterocycles. The van der Waals surface area contributed by atoms with Crippen LogP contribution in [0.25, 0.3) is 0 Å². The van der Waals surface area contributed by atoms with Crippen LogP contribution in [0.3, 0.4) is 0 Å². The van der Waals surface area contributed by atoms with Gasteiger partial charge in [-0.05, 0) is 52.7 Å². The Labute approximate surface area is 133 Å². The van der Waals surface area contributed by atoms with Gasteiger partial charge in [0.15, 0.2) is 9.84 Å². The average Bonchev–Trinajstić information content (AvgIpc) is 2.37. The fourth-order valence-electron chi connectivity index (χ4n) is 2.80. The average molecular weight is 378 g/mol. The van der Waals surface area contributed by atoms with Crippen molar-refractivity contribution in [2.45, 2.75) is 47.4 Å². The number of benzene rings is 1. The predicted octanol–water partition coefficient (Wildman–Crippen LogP) is 3.69. The Kier molecular flexibility index (Phi) is 4.89. The molecule has 0 heterocycles. The number of thioether (sulfide) groups is 1. The molecule has 0 unspecified atom stereocenters. The van der Waals surface area contributed by atoms with Crippen molar-refractivity contribution in [2.75, 3.05) is 12.5 Å². The summed E-state index contributed by atoms with van der Waals surface area (Å²) in [5, 5.41) is 0. The molecule has 0 atom stereocenters. The SMILES string of the molecule is CSc1c(Br)cc(C2(N)CCCCC2)cc1S(C)(=O)=O. The number of nitrogens with two attached hydrogens (primary N) is 1. The second kappa shape index (κ2) is 5.99. The summed E-state index contributed by atoms with van der Waals surface area (Å²) in [6.45, 7) is 0. The van der Waals surface area contributed by atoms with Gasteiger partial charge in [0.2, 0.25) is 0 Å². The second-order valence-corrected chi connectivity index (χ2v) is 9.13. The molecule has 1 fully saturated rings. The van der Waals surface area contributed by atoms with E-state index in [-0.39, 0.29) is 0 Å². The van der Waals surface area contributed by atoms with Gasteiger partial charge in [-0.25, -0.2) is 8.42 Å². The van der Waals surface area contributed by atoms with Crippen LogP contribution in [0.4, 0.5) is 0 Å². The highest BCUT2D eigenvalue weighted by Crippen LogP contribution is 2.40. The van der Waals surface area contributed by atoms with Crippen molar-refractivity contribution in [3.8, 4) is 0 Å². The molecular formula is C14H20BrNO2S2. The van der Waals surface area contributed by atoms with E-state index in [1.54, 1.807) is 6.07 Å². The molecule has 3 nitrogen and oxygen atoms in total. The Morgan fingerprint density at radius 2 is 1.85 bits per heavy atom. The molecule has 1 aliphatic carbocycles. The molecule has 0 aliphatic heterocycles. The van der Waals surface area contributed by atoms with Gasteiger partial charge in [-0.3, -0.25) is 0 Å². The quantitative estimate of drug-likeness (QED) is 0.815. The molecular weight excluding hydrogens is 358 g/mol. The third-order valence-corrected chi connectivity index (χ3v) is 6.92. The van der Waals surface area contributed by atoms with Crippen molar-refractivity contribution in [2.24, 2.45) is 5.73 Å². The molecule has 1 saturated carbocycles. The van der Waals surface area contributed by atoms with Gasteiger partial charge in [0.05, 0.1) is 4.90 Å². The molecule has 0 aromatic heterocycles. The zero-order valence-electron chi connectivity index (χ0n) is 11.8. The van der Waals surface area contributed by atoms with Gasteiger partial charge in [-0.2, -0.15) is 0 Å². The molecule has 1 aliphatic rings. The first-order valence-corrected chi connectivity index (χ1v) is 10.6. The van der Waals surface area contributed by atoms with Crippen molar-refractivity contribution in [3.05, 3.63) is 22.2 Å². The zero-order valence-corrected chi connectivity index (χ0v) is 15.0. The van der Waals surface area contributed by atoms with Gasteiger partial charge in [-0.1, -0.05) is 19.3 Å². The summed E-state index contributed by atoms with van der Waals surface area (Å²) < 4.78 is 24.9. The van der Waals surface area contributed by atoms with Crippen molar-refractivity contribution in [1.82, 2.24) is 0 Å². The molecule has 1 aromatic rings. The number of halogens is 1. The molecule has 0 bridgehead atoms. The third-order valence-electron chi connectivity index (χ3n) is 3.93. The van der Waals surface area contributed by atoms with Crippen molar-refractivity contribution in [3.63, 3.8) is 0 Å². The highest BCUT2D eigenvalue weighted by Gasteiger charge is 2.31. The van der Waals surface area contributed by atoms with Gasteiger partial charge < -0.3 is 5.73 Å². The summed E-state index contributed by atoms with van der Waals surface area (Å²) in [7, 11) is -3.26. The normalized spacial score (nSPS) is 19.0. The van der Waals surface area contributed by atoms with Crippen LogP contribution in [-0.2, 0) is 15.4 Å². The van der Waals surface area contributed by atoms with Gasteiger partial charge >= 0.3 is 0 Å². The lowest BCUT2D eigenvalue weighted by molar-refractivity contribution is 0.301. The molecule has 112 valence electrons. The van der Waals surface area contributed by atoms with Crippen LogP contribution in [0.1, 0.15) is 37.7 Å². The van der Waals surface area contributed by atoms with E-state index in [9.17, 15) is 8.42 Å². The minimum atomic E-state index is -3.26. The van der Waals surface area contributed by atoms with Crippen LogP contribution in [0, 0.1) is 0 Å². The second-order valence-electron chi connectivity index (χ2n) is 5.48. The Hall–Kier alpha value is -0.0400. The maximum absolute atomic E-state index is 12.0. The largest absolute Gasteiger partial charge is 0.321 e. The van der Waals surface area contributed by atoms with Crippen molar-refractivity contribution < 1.29 is 8.42 Å². The van der Waals surface area contributed by atoms with Gasteiger partial charge in [-0.15, -0.1) is 11.8 Å². The number of hydrogen-bond donors (Lipinski definition) is 1. The molecule has 0 amide bonds. The first-order valence-electron chi connectivity index (χ1n) is 6.65. The summed E-state index contributed by atoms with van der Waals surface area (Å²) in [6.07, 6.45) is 8.39. The van der Waals surface area contributed by atoms with Crippen LogP contribution in [-0.4, -0.2) is 20.9 Å². The minimum Gasteiger partial charge on any atom is -0.321 e. The summed E-state index contributed by atoms with van der Waals surface area (Å²) >= 11 is 4.94. The smallest absolute Gasteiger partial charge is 0.176 e. The van der Waals surface area contributed by atoms with Crippen LogP contribution in [0.2, 0.25) is 0 Å². The van der Waals surface area contributed by atoms with E-state index in [2.05, 4.69) is 15.9 Å². The van der Waals surface area contributed by atoms with Crippen molar-refractivity contribution in [1.29, 1.82) is 0 Å². The van der Waals surface area contributed by atoms with Gasteiger partial charge in [0.1, 0.15) is 0 Å². The Morgan fingerprint density at radius 1 is 1.25 bits per heavy atom. The first kappa shape index (κ1) is 16.3. The molecule has 2 N–H and O–H groups in total. The summed E-state index contributed by atoms with van der Waals surface area (Å²) in [6, 6.07) is 3.77. The fraction of sp³-hybridized carbons (Fsp3) is 0.571. The monoisotopic (exact) mass is 377 g/mol. The standard InChI is InChI=1S/C14H20BrNO2S2/c1-19-13-11(15)8-10(9-12(13)20(2,17)18)14(16)6-4-3-5-7-14/h8-9H,3-7,16H2,1-2H3. The molecule has 20 heavy (non-hydrogen) atoms. The molecule has 6 heteroatoms. The summed E-state index contributed by atoms with van der Waals surface area (Å²) in [5.41, 5.74) is 7.07. The van der Waals surface area contributed by atoms with Crippen molar-refractivity contribution >= 4 is 37.5 Å². The lowest BCUT2D eigenvalue weighted by atomic mass is 9.77. The Bertz CT molecular complexity index is 608. The maximum atomic E-state index is 12.0. The molecule has 0 spiro atoms. The fourth-order valence-corrected chi connectivity index (χ4v) is 5.88. The molecule has 2 rings (SSSR count). The predicted molar refractivity (Wildman–Crippen MR) is 88.0 cm³/mol.